The molecule has 3 heteroatoms. The molecule has 1 radical (unpaired) electrons. The Bertz CT molecular complexity index is 369. The second-order valence-electron chi connectivity index (χ2n) is 2.73. The summed E-state index contributed by atoms with van der Waals surface area (Å²) in [5.41, 5.74) is 0.853. The first-order valence-electron chi connectivity index (χ1n) is 3.54. The van der Waals surface area contributed by atoms with Crippen molar-refractivity contribution in [3.05, 3.63) is 40.9 Å². The molecule has 0 aliphatic heterocycles. The van der Waals surface area contributed by atoms with E-state index in [4.69, 9.17) is 0 Å². The Kier molecular flexibility index (Phi) is 1.33. The molecule has 1 aromatic carbocycles. The minimum atomic E-state index is -0.495. The molecule has 2 rings (SSSR count). The normalized spacial score (nSPS) is 15.1. The zero-order chi connectivity index (χ0) is 8.72. The molecule has 0 unspecified atom stereocenters. The molecular weight excluding hydrogens is 159 g/mol. The van der Waals surface area contributed by atoms with Crippen LogP contribution in [0.2, 0.25) is 0 Å². The predicted octanol–water partition coefficient (Wildman–Crippen LogP) is 0.841. The van der Waals surface area contributed by atoms with Gasteiger partial charge in [0, 0.05) is 5.56 Å². The van der Waals surface area contributed by atoms with Crippen LogP contribution in [-0.4, -0.2) is 0 Å². The molecule has 0 amide bonds. The summed E-state index contributed by atoms with van der Waals surface area (Å²) in [5, 5.41) is 21.9. The van der Waals surface area contributed by atoms with Crippen molar-refractivity contribution >= 4 is 5.76 Å². The Hall–Kier alpha value is -1.51. The Morgan fingerprint density at radius 2 is 2.17 bits per heavy atom. The molecule has 1 aliphatic rings. The van der Waals surface area contributed by atoms with Crippen LogP contribution in [0.5, 0.6) is 0 Å². The van der Waals surface area contributed by atoms with Crippen LogP contribution in [0.15, 0.2) is 24.0 Å². The van der Waals surface area contributed by atoms with Crippen molar-refractivity contribution in [1.82, 2.24) is 0 Å². The number of fused-ring (bicyclic) bond motifs is 1. The van der Waals surface area contributed by atoms with Gasteiger partial charge in [0.05, 0.1) is 0 Å². The van der Waals surface area contributed by atoms with Gasteiger partial charge in [-0.1, -0.05) is 5.76 Å². The van der Waals surface area contributed by atoms with E-state index in [1.165, 1.54) is 18.2 Å². The SMILES string of the molecule is [O]C1=C([O-])Cc2cc(F)ccc21. The van der Waals surface area contributed by atoms with Gasteiger partial charge in [0.25, 0.3) is 0 Å². The molecule has 1 aromatic rings. The second-order valence-corrected chi connectivity index (χ2v) is 2.73. The van der Waals surface area contributed by atoms with Crippen LogP contribution < -0.4 is 5.11 Å². The minimum Gasteiger partial charge on any atom is -0.873 e. The molecule has 0 N–H and O–H groups in total. The van der Waals surface area contributed by atoms with Gasteiger partial charge in [0.15, 0.2) is 5.76 Å². The molecule has 0 aromatic heterocycles. The van der Waals surface area contributed by atoms with E-state index in [9.17, 15) is 14.6 Å². The third-order valence-electron chi connectivity index (χ3n) is 1.92. The topological polar surface area (TPSA) is 43.0 Å². The van der Waals surface area contributed by atoms with E-state index in [0.717, 1.165) is 0 Å². The zero-order valence-electron chi connectivity index (χ0n) is 6.13. The highest BCUT2D eigenvalue weighted by molar-refractivity contribution is 5.68. The van der Waals surface area contributed by atoms with Gasteiger partial charge in [-0.25, -0.2) is 4.39 Å². The van der Waals surface area contributed by atoms with Crippen LogP contribution in [0.1, 0.15) is 11.1 Å². The molecular formula is C9H5FO2-. The van der Waals surface area contributed by atoms with Crippen LogP contribution in [-0.2, 0) is 11.5 Å². The molecule has 1 aliphatic carbocycles. The van der Waals surface area contributed by atoms with Crippen molar-refractivity contribution in [2.24, 2.45) is 0 Å². The summed E-state index contributed by atoms with van der Waals surface area (Å²) in [4.78, 5) is 0. The summed E-state index contributed by atoms with van der Waals surface area (Å²) < 4.78 is 12.6. The number of rotatable bonds is 0. The van der Waals surface area contributed by atoms with Crippen LogP contribution in [0, 0.1) is 5.82 Å². The van der Waals surface area contributed by atoms with Crippen LogP contribution >= 0.6 is 0 Å². The average Bonchev–Trinajstić information content (AvgIpc) is 2.28. The van der Waals surface area contributed by atoms with Crippen molar-refractivity contribution in [2.75, 3.05) is 0 Å². The first kappa shape index (κ1) is 7.16. The predicted molar refractivity (Wildman–Crippen MR) is 37.7 cm³/mol. The first-order valence-corrected chi connectivity index (χ1v) is 3.54. The number of hydrogen-bond donors (Lipinski definition) is 0. The molecule has 0 spiro atoms. The lowest BCUT2D eigenvalue weighted by Crippen LogP contribution is -2.03. The maximum absolute atomic E-state index is 12.6. The first-order chi connectivity index (χ1) is 5.68. The van der Waals surface area contributed by atoms with Crippen molar-refractivity contribution < 1.29 is 14.6 Å². The van der Waals surface area contributed by atoms with E-state index in [1.807, 2.05) is 0 Å². The Morgan fingerprint density at radius 3 is 2.92 bits per heavy atom. The highest BCUT2D eigenvalue weighted by Crippen LogP contribution is 2.28. The van der Waals surface area contributed by atoms with E-state index in [-0.39, 0.29) is 6.42 Å². The van der Waals surface area contributed by atoms with Crippen molar-refractivity contribution in [3.63, 3.8) is 0 Å². The van der Waals surface area contributed by atoms with Crippen LogP contribution in [0.25, 0.3) is 5.76 Å². The third kappa shape index (κ3) is 0.863. The lowest BCUT2D eigenvalue weighted by atomic mass is 10.1. The van der Waals surface area contributed by atoms with Gasteiger partial charge in [-0.15, -0.1) is 0 Å². The summed E-state index contributed by atoms with van der Waals surface area (Å²) in [6.45, 7) is 0. The Morgan fingerprint density at radius 1 is 1.42 bits per heavy atom. The van der Waals surface area contributed by atoms with Gasteiger partial charge in [-0.3, -0.25) is 5.11 Å². The van der Waals surface area contributed by atoms with Crippen molar-refractivity contribution in [2.45, 2.75) is 6.42 Å². The van der Waals surface area contributed by atoms with Crippen LogP contribution in [0.3, 0.4) is 0 Å². The highest BCUT2D eigenvalue weighted by atomic mass is 19.1. The molecule has 61 valence electrons. The maximum atomic E-state index is 12.6. The molecule has 2 nitrogen and oxygen atoms in total. The molecule has 0 saturated heterocycles. The Labute approximate surface area is 68.6 Å². The summed E-state index contributed by atoms with van der Waals surface area (Å²) >= 11 is 0. The monoisotopic (exact) mass is 164 g/mol. The fraction of sp³-hybridized carbons (Fsp3) is 0.111. The molecule has 0 heterocycles. The van der Waals surface area contributed by atoms with E-state index in [0.29, 0.717) is 11.1 Å². The van der Waals surface area contributed by atoms with Gasteiger partial charge < -0.3 is 5.11 Å². The summed E-state index contributed by atoms with van der Waals surface area (Å²) in [7, 11) is 0. The van der Waals surface area contributed by atoms with Crippen LogP contribution in [0.4, 0.5) is 4.39 Å². The van der Waals surface area contributed by atoms with Gasteiger partial charge in [-0.05, 0) is 30.2 Å². The van der Waals surface area contributed by atoms with E-state index in [2.05, 4.69) is 0 Å². The summed E-state index contributed by atoms with van der Waals surface area (Å²) in [6.07, 6.45) is 0.0475. The number of hydrogen-bond acceptors (Lipinski definition) is 1. The quantitative estimate of drug-likeness (QED) is 0.560. The zero-order valence-corrected chi connectivity index (χ0v) is 6.13. The minimum absolute atomic E-state index is 0.0475. The van der Waals surface area contributed by atoms with E-state index >= 15 is 0 Å². The van der Waals surface area contributed by atoms with Gasteiger partial charge >= 0.3 is 0 Å². The lowest BCUT2D eigenvalue weighted by molar-refractivity contribution is -0.305. The number of halogens is 1. The maximum Gasteiger partial charge on any atom is 0.174 e. The summed E-state index contributed by atoms with van der Waals surface area (Å²) in [6, 6.07) is 3.78. The molecule has 12 heavy (non-hydrogen) atoms. The molecule has 0 bridgehead atoms. The van der Waals surface area contributed by atoms with Crippen molar-refractivity contribution in [3.8, 4) is 0 Å². The number of allylic oxidation sites excluding steroid dienone is 1. The fourth-order valence-corrected chi connectivity index (χ4v) is 1.33. The fourth-order valence-electron chi connectivity index (χ4n) is 1.33. The van der Waals surface area contributed by atoms with Crippen molar-refractivity contribution in [1.29, 1.82) is 0 Å². The van der Waals surface area contributed by atoms with Gasteiger partial charge in [-0.2, -0.15) is 0 Å². The summed E-state index contributed by atoms with van der Waals surface area (Å²) in [5.74, 6) is -1.35. The second kappa shape index (κ2) is 2.24. The lowest BCUT2D eigenvalue weighted by Gasteiger charge is -2.01. The van der Waals surface area contributed by atoms with E-state index < -0.39 is 17.3 Å². The number of benzene rings is 1. The van der Waals surface area contributed by atoms with Gasteiger partial charge in [0.2, 0.25) is 0 Å². The Balaban J connectivity index is 2.58. The third-order valence-corrected chi connectivity index (χ3v) is 1.92. The highest BCUT2D eigenvalue weighted by Gasteiger charge is 2.17. The van der Waals surface area contributed by atoms with E-state index in [1.54, 1.807) is 0 Å². The molecule has 0 saturated carbocycles. The average molecular weight is 164 g/mol. The van der Waals surface area contributed by atoms with Gasteiger partial charge in [0.1, 0.15) is 5.82 Å². The molecule has 0 fully saturated rings. The smallest absolute Gasteiger partial charge is 0.174 e. The standard InChI is InChI=1S/C9H6FO2/c10-6-1-2-7-5(3-6)4-8(11)9(7)12/h1-3,11H,4H2/p-1. The largest absolute Gasteiger partial charge is 0.873 e. The molecule has 0 atom stereocenters.